The van der Waals surface area contributed by atoms with Gasteiger partial charge in [-0.05, 0) is 24.8 Å². The molecular weight excluding hydrogens is 124 g/mol. The maximum Gasteiger partial charge on any atom is 0.0753 e. The van der Waals surface area contributed by atoms with E-state index >= 15 is 0 Å². The molecule has 2 atom stereocenters. The van der Waals surface area contributed by atoms with Crippen LogP contribution in [-0.2, 0) is 0 Å². The molecule has 1 aliphatic carbocycles. The summed E-state index contributed by atoms with van der Waals surface area (Å²) in [5.74, 6) is 3.01. The van der Waals surface area contributed by atoms with E-state index in [2.05, 4.69) is 12.0 Å². The second-order valence-electron chi connectivity index (χ2n) is 2.83. The zero-order chi connectivity index (χ0) is 7.56. The number of aliphatic hydroxyl groups is 1. The zero-order valence-corrected chi connectivity index (χ0v) is 6.17. The first kappa shape index (κ1) is 7.37. The van der Waals surface area contributed by atoms with E-state index in [0.29, 0.717) is 5.92 Å². The van der Waals surface area contributed by atoms with E-state index in [9.17, 15) is 5.11 Å². The summed E-state index contributed by atoms with van der Waals surface area (Å²) in [6.07, 6.45) is 8.55. The lowest BCUT2D eigenvalue weighted by Gasteiger charge is -2.03. The van der Waals surface area contributed by atoms with Gasteiger partial charge in [-0.2, -0.15) is 0 Å². The number of aliphatic hydroxyl groups excluding tert-OH is 1. The lowest BCUT2D eigenvalue weighted by molar-refractivity contribution is 0.200. The molecule has 0 spiro atoms. The summed E-state index contributed by atoms with van der Waals surface area (Å²) in [5.41, 5.74) is 1.07. The largest absolute Gasteiger partial charge is 0.389 e. The van der Waals surface area contributed by atoms with Crippen LogP contribution in [0.25, 0.3) is 0 Å². The van der Waals surface area contributed by atoms with Crippen LogP contribution in [0, 0.1) is 18.3 Å². The van der Waals surface area contributed by atoms with E-state index in [1.807, 2.05) is 6.92 Å². The molecule has 1 aliphatic rings. The molecule has 54 valence electrons. The van der Waals surface area contributed by atoms with Gasteiger partial charge in [-0.15, -0.1) is 12.3 Å². The van der Waals surface area contributed by atoms with Crippen molar-refractivity contribution in [2.45, 2.75) is 25.9 Å². The molecule has 1 heteroatoms. The van der Waals surface area contributed by atoms with Crippen molar-refractivity contribution in [2.75, 3.05) is 0 Å². The van der Waals surface area contributed by atoms with Crippen LogP contribution in [0.4, 0.5) is 0 Å². The van der Waals surface area contributed by atoms with Gasteiger partial charge in [-0.1, -0.05) is 6.08 Å². The van der Waals surface area contributed by atoms with Crippen molar-refractivity contribution in [2.24, 2.45) is 5.92 Å². The van der Waals surface area contributed by atoms with Crippen LogP contribution in [0.3, 0.4) is 0 Å². The molecule has 0 amide bonds. The molecule has 0 heterocycles. The Labute approximate surface area is 61.8 Å². The third-order valence-electron chi connectivity index (χ3n) is 1.93. The summed E-state index contributed by atoms with van der Waals surface area (Å²) in [5, 5.41) is 9.26. The van der Waals surface area contributed by atoms with Gasteiger partial charge in [-0.25, -0.2) is 0 Å². The first-order chi connectivity index (χ1) is 4.74. The molecule has 1 N–H and O–H groups in total. The van der Waals surface area contributed by atoms with E-state index < -0.39 is 0 Å². The van der Waals surface area contributed by atoms with Gasteiger partial charge in [0.25, 0.3) is 0 Å². The van der Waals surface area contributed by atoms with Crippen LogP contribution >= 0.6 is 0 Å². The smallest absolute Gasteiger partial charge is 0.0753 e. The summed E-state index contributed by atoms with van der Waals surface area (Å²) < 4.78 is 0. The SMILES string of the molecule is C#CCC1C=C(C)[C@@H](O)C1. The summed E-state index contributed by atoms with van der Waals surface area (Å²) >= 11 is 0. The Morgan fingerprint density at radius 3 is 3.00 bits per heavy atom. The Bertz CT molecular complexity index is 185. The van der Waals surface area contributed by atoms with Crippen molar-refractivity contribution in [3.63, 3.8) is 0 Å². The van der Waals surface area contributed by atoms with Crippen molar-refractivity contribution in [1.29, 1.82) is 0 Å². The van der Waals surface area contributed by atoms with Crippen LogP contribution in [0.2, 0.25) is 0 Å². The predicted molar refractivity (Wildman–Crippen MR) is 41.3 cm³/mol. The van der Waals surface area contributed by atoms with E-state index in [4.69, 9.17) is 6.42 Å². The number of terminal acetylenes is 1. The zero-order valence-electron chi connectivity index (χ0n) is 6.17. The van der Waals surface area contributed by atoms with Gasteiger partial charge >= 0.3 is 0 Å². The fourth-order valence-electron chi connectivity index (χ4n) is 1.32. The molecule has 0 fully saturated rings. The van der Waals surface area contributed by atoms with E-state index in [-0.39, 0.29) is 6.10 Å². The standard InChI is InChI=1S/C9H12O/c1-3-4-8-5-7(2)9(10)6-8/h1,5,8-10H,4,6H2,2H3/t8?,9-/m0/s1. The molecule has 0 saturated heterocycles. The Kier molecular flexibility index (Phi) is 2.13. The fraction of sp³-hybridized carbons (Fsp3) is 0.556. The highest BCUT2D eigenvalue weighted by Crippen LogP contribution is 2.25. The highest BCUT2D eigenvalue weighted by molar-refractivity contribution is 5.15. The third-order valence-corrected chi connectivity index (χ3v) is 1.93. The maximum atomic E-state index is 9.26. The predicted octanol–water partition coefficient (Wildman–Crippen LogP) is 1.34. The lowest BCUT2D eigenvalue weighted by atomic mass is 10.1. The van der Waals surface area contributed by atoms with E-state index in [1.54, 1.807) is 0 Å². The Hall–Kier alpha value is -0.740. The van der Waals surface area contributed by atoms with Crippen molar-refractivity contribution < 1.29 is 5.11 Å². The molecule has 0 bridgehead atoms. The van der Waals surface area contributed by atoms with E-state index in [0.717, 1.165) is 18.4 Å². The Morgan fingerprint density at radius 2 is 2.60 bits per heavy atom. The summed E-state index contributed by atoms with van der Waals surface area (Å²) in [4.78, 5) is 0. The minimum absolute atomic E-state index is 0.238. The highest BCUT2D eigenvalue weighted by Gasteiger charge is 2.20. The van der Waals surface area contributed by atoms with Gasteiger partial charge in [0, 0.05) is 6.42 Å². The molecule has 1 nitrogen and oxygen atoms in total. The van der Waals surface area contributed by atoms with E-state index in [1.165, 1.54) is 0 Å². The van der Waals surface area contributed by atoms with Gasteiger partial charge in [0.05, 0.1) is 6.10 Å². The van der Waals surface area contributed by atoms with Crippen LogP contribution in [0.15, 0.2) is 11.6 Å². The molecule has 0 aliphatic heterocycles. The molecule has 0 aromatic heterocycles. The van der Waals surface area contributed by atoms with Crippen LogP contribution < -0.4 is 0 Å². The van der Waals surface area contributed by atoms with Crippen LogP contribution in [0.1, 0.15) is 19.8 Å². The highest BCUT2D eigenvalue weighted by atomic mass is 16.3. The van der Waals surface area contributed by atoms with Crippen molar-refractivity contribution >= 4 is 0 Å². The van der Waals surface area contributed by atoms with Gasteiger partial charge in [0.1, 0.15) is 0 Å². The number of allylic oxidation sites excluding steroid dienone is 1. The Balaban J connectivity index is 2.50. The molecule has 0 aromatic carbocycles. The molecular formula is C9H12O. The molecule has 10 heavy (non-hydrogen) atoms. The summed E-state index contributed by atoms with van der Waals surface area (Å²) in [6.45, 7) is 1.95. The first-order valence-electron chi connectivity index (χ1n) is 3.54. The summed E-state index contributed by atoms with van der Waals surface area (Å²) in [7, 11) is 0. The monoisotopic (exact) mass is 136 g/mol. The summed E-state index contributed by atoms with van der Waals surface area (Å²) in [6, 6.07) is 0. The van der Waals surface area contributed by atoms with Gasteiger partial charge < -0.3 is 5.11 Å². The molecule has 0 aromatic rings. The molecule has 0 radical (unpaired) electrons. The quantitative estimate of drug-likeness (QED) is 0.426. The van der Waals surface area contributed by atoms with Crippen molar-refractivity contribution in [3.8, 4) is 12.3 Å². The average Bonchev–Trinajstić information content (AvgIpc) is 2.14. The normalized spacial score (nSPS) is 31.5. The minimum Gasteiger partial charge on any atom is -0.389 e. The lowest BCUT2D eigenvalue weighted by Crippen LogP contribution is -2.03. The molecule has 0 saturated carbocycles. The topological polar surface area (TPSA) is 20.2 Å². The molecule has 1 unspecified atom stereocenters. The second kappa shape index (κ2) is 2.90. The van der Waals surface area contributed by atoms with Crippen LogP contribution in [-0.4, -0.2) is 11.2 Å². The fourth-order valence-corrected chi connectivity index (χ4v) is 1.32. The number of hydrogen-bond donors (Lipinski definition) is 1. The van der Waals surface area contributed by atoms with Crippen molar-refractivity contribution in [3.05, 3.63) is 11.6 Å². The van der Waals surface area contributed by atoms with Crippen LogP contribution in [0.5, 0.6) is 0 Å². The second-order valence-corrected chi connectivity index (χ2v) is 2.83. The first-order valence-corrected chi connectivity index (χ1v) is 3.54. The Morgan fingerprint density at radius 1 is 1.90 bits per heavy atom. The van der Waals surface area contributed by atoms with Gasteiger partial charge in [0.15, 0.2) is 0 Å². The minimum atomic E-state index is -0.238. The third kappa shape index (κ3) is 1.40. The average molecular weight is 136 g/mol. The number of rotatable bonds is 1. The maximum absolute atomic E-state index is 9.26. The molecule has 1 rings (SSSR count). The van der Waals surface area contributed by atoms with Crippen molar-refractivity contribution in [1.82, 2.24) is 0 Å². The van der Waals surface area contributed by atoms with Gasteiger partial charge in [0.2, 0.25) is 0 Å². The van der Waals surface area contributed by atoms with Gasteiger partial charge in [-0.3, -0.25) is 0 Å². The number of hydrogen-bond acceptors (Lipinski definition) is 1.